The van der Waals surface area contributed by atoms with Crippen molar-refractivity contribution in [3.8, 4) is 0 Å². The molecule has 0 spiro atoms. The van der Waals surface area contributed by atoms with Crippen molar-refractivity contribution < 1.29 is 22.4 Å². The van der Waals surface area contributed by atoms with E-state index in [2.05, 4.69) is 0 Å². The molecule has 0 aromatic heterocycles. The predicted octanol–water partition coefficient (Wildman–Crippen LogP) is 0.368. The number of benzene rings is 1. The lowest BCUT2D eigenvalue weighted by Crippen LogP contribution is -2.18. The number of hydrogen-bond acceptors (Lipinski definition) is 5. The molecule has 0 bridgehead atoms. The van der Waals surface area contributed by atoms with Crippen LogP contribution < -0.4 is 5.73 Å². The van der Waals surface area contributed by atoms with Gasteiger partial charge < -0.3 is 5.73 Å². The average Bonchev–Trinajstić information content (AvgIpc) is 2.53. The van der Waals surface area contributed by atoms with E-state index in [4.69, 9.17) is 23.3 Å². The van der Waals surface area contributed by atoms with Crippen molar-refractivity contribution >= 4 is 16.1 Å². The van der Waals surface area contributed by atoms with Crippen LogP contribution in [0, 0.1) is 10.1 Å². The smallest absolute Gasteiger partial charge is 0.327 e. The van der Waals surface area contributed by atoms with Gasteiger partial charge in [-0.05, 0) is 24.0 Å². The minimum absolute atomic E-state index is 0.136. The Morgan fingerprint density at radius 3 is 2.28 bits per heavy atom. The molecule has 1 atom stereocenters. The quantitative estimate of drug-likeness (QED) is 0.381. The zero-order valence-electron chi connectivity index (χ0n) is 9.18. The van der Waals surface area contributed by atoms with E-state index in [0.717, 1.165) is 24.0 Å². The molecule has 4 N–H and O–H groups in total. The first-order chi connectivity index (χ1) is 8.16. The van der Waals surface area contributed by atoms with Crippen molar-refractivity contribution in [2.75, 3.05) is 0 Å². The molecule has 0 amide bonds. The van der Waals surface area contributed by atoms with Gasteiger partial charge in [-0.3, -0.25) is 19.2 Å². The topological polar surface area (TPSA) is 144 Å². The number of nitro groups is 1. The van der Waals surface area contributed by atoms with E-state index in [1.807, 2.05) is 0 Å². The monoisotopic (exact) mass is 276 g/mol. The van der Waals surface area contributed by atoms with Crippen molar-refractivity contribution in [2.24, 2.45) is 5.73 Å². The summed E-state index contributed by atoms with van der Waals surface area (Å²) in [5, 5.41) is 10.5. The van der Waals surface area contributed by atoms with Crippen LogP contribution in [-0.4, -0.2) is 28.5 Å². The highest BCUT2D eigenvalue weighted by Crippen LogP contribution is 2.25. The highest BCUT2D eigenvalue weighted by atomic mass is 32.3. The van der Waals surface area contributed by atoms with Crippen molar-refractivity contribution in [3.05, 3.63) is 39.4 Å². The van der Waals surface area contributed by atoms with E-state index in [0.29, 0.717) is 0 Å². The number of non-ortho nitro benzene ring substituents is 1. The van der Waals surface area contributed by atoms with Gasteiger partial charge in [-0.25, -0.2) is 0 Å². The lowest BCUT2D eigenvalue weighted by Gasteiger charge is -1.96. The Kier molecular flexibility index (Phi) is 4.35. The number of fused-ring (bicyclic) bond motifs is 1. The number of nitrogens with two attached hydrogens (primary N) is 1. The van der Waals surface area contributed by atoms with E-state index in [-0.39, 0.29) is 16.7 Å². The number of nitro benzene ring substituents is 1. The van der Waals surface area contributed by atoms with Crippen LogP contribution in [0.2, 0.25) is 0 Å². The Hall–Kier alpha value is -1.55. The predicted molar refractivity (Wildman–Crippen MR) is 62.7 cm³/mol. The van der Waals surface area contributed by atoms with Crippen molar-refractivity contribution in [2.45, 2.75) is 18.9 Å². The summed E-state index contributed by atoms with van der Waals surface area (Å²) in [5.74, 6) is 0. The number of rotatable bonds is 1. The third kappa shape index (κ3) is 4.75. The molecular formula is C9H12N2O6S. The van der Waals surface area contributed by atoms with Gasteiger partial charge in [0.1, 0.15) is 0 Å². The Morgan fingerprint density at radius 2 is 1.78 bits per heavy atom. The van der Waals surface area contributed by atoms with Crippen molar-refractivity contribution in [3.63, 3.8) is 0 Å². The first-order valence-electron chi connectivity index (χ1n) is 4.88. The highest BCUT2D eigenvalue weighted by Gasteiger charge is 2.20. The first-order valence-corrected chi connectivity index (χ1v) is 6.28. The maximum atomic E-state index is 10.5. The molecule has 0 heterocycles. The van der Waals surface area contributed by atoms with Gasteiger partial charge in [0.2, 0.25) is 0 Å². The molecule has 1 aromatic carbocycles. The van der Waals surface area contributed by atoms with Crippen molar-refractivity contribution in [1.82, 2.24) is 0 Å². The summed E-state index contributed by atoms with van der Waals surface area (Å²) in [5.41, 5.74) is 8.08. The number of hydrogen-bond donors (Lipinski definition) is 3. The van der Waals surface area contributed by atoms with Gasteiger partial charge in [-0.2, -0.15) is 8.42 Å². The lowest BCUT2D eigenvalue weighted by atomic mass is 10.1. The van der Waals surface area contributed by atoms with E-state index < -0.39 is 10.4 Å². The molecule has 1 unspecified atom stereocenters. The summed E-state index contributed by atoms with van der Waals surface area (Å²) in [4.78, 5) is 10.1. The first kappa shape index (κ1) is 14.5. The van der Waals surface area contributed by atoms with Gasteiger partial charge in [-0.1, -0.05) is 6.07 Å². The van der Waals surface area contributed by atoms with Gasteiger partial charge in [0.15, 0.2) is 0 Å². The summed E-state index contributed by atoms with van der Waals surface area (Å²) >= 11 is 0. The molecule has 1 aliphatic rings. The number of nitrogens with zero attached hydrogens (tertiary/aromatic N) is 1. The fraction of sp³-hybridized carbons (Fsp3) is 0.333. The summed E-state index contributed by atoms with van der Waals surface area (Å²) in [6.07, 6.45) is 1.60. The average molecular weight is 276 g/mol. The zero-order chi connectivity index (χ0) is 13.9. The second-order valence-electron chi connectivity index (χ2n) is 3.83. The molecule has 0 saturated carbocycles. The summed E-state index contributed by atoms with van der Waals surface area (Å²) in [7, 11) is -4.67. The largest absolute Gasteiger partial charge is 0.394 e. The van der Waals surface area contributed by atoms with Gasteiger partial charge >= 0.3 is 10.4 Å². The van der Waals surface area contributed by atoms with E-state index in [1.54, 1.807) is 12.1 Å². The van der Waals surface area contributed by atoms with Crippen LogP contribution in [0.3, 0.4) is 0 Å². The van der Waals surface area contributed by atoms with Crippen LogP contribution in [0.25, 0.3) is 0 Å². The molecule has 0 saturated heterocycles. The Bertz CT molecular complexity index is 548. The van der Waals surface area contributed by atoms with Gasteiger partial charge in [0, 0.05) is 18.2 Å². The maximum Gasteiger partial charge on any atom is 0.394 e. The molecule has 8 nitrogen and oxygen atoms in total. The molecule has 2 rings (SSSR count). The minimum Gasteiger partial charge on any atom is -0.327 e. The molecule has 1 aromatic rings. The summed E-state index contributed by atoms with van der Waals surface area (Å²) < 4.78 is 31.6. The molecule has 18 heavy (non-hydrogen) atoms. The third-order valence-corrected chi connectivity index (χ3v) is 2.36. The van der Waals surface area contributed by atoms with Crippen LogP contribution in [0.1, 0.15) is 11.1 Å². The third-order valence-electron chi connectivity index (χ3n) is 2.36. The summed E-state index contributed by atoms with van der Waals surface area (Å²) in [6, 6.07) is 5.11. The van der Waals surface area contributed by atoms with E-state index in [9.17, 15) is 10.1 Å². The fourth-order valence-electron chi connectivity index (χ4n) is 1.75. The van der Waals surface area contributed by atoms with Crippen LogP contribution in [-0.2, 0) is 23.2 Å². The van der Waals surface area contributed by atoms with Gasteiger partial charge in [0.25, 0.3) is 5.69 Å². The Labute approximate surface area is 103 Å². The van der Waals surface area contributed by atoms with Gasteiger partial charge in [0.05, 0.1) is 4.92 Å². The molecule has 0 aliphatic heterocycles. The SMILES string of the molecule is NC1Cc2ccc([N+](=O)[O-])cc2C1.O=S(=O)(O)O. The van der Waals surface area contributed by atoms with E-state index in [1.165, 1.54) is 6.07 Å². The molecule has 1 aliphatic carbocycles. The molecule has 9 heteroatoms. The van der Waals surface area contributed by atoms with E-state index >= 15 is 0 Å². The molecular weight excluding hydrogens is 264 g/mol. The van der Waals surface area contributed by atoms with Crippen LogP contribution in [0.15, 0.2) is 18.2 Å². The lowest BCUT2D eigenvalue weighted by molar-refractivity contribution is -0.384. The van der Waals surface area contributed by atoms with Crippen LogP contribution in [0.5, 0.6) is 0 Å². The van der Waals surface area contributed by atoms with Crippen LogP contribution in [0.4, 0.5) is 5.69 Å². The van der Waals surface area contributed by atoms with Crippen LogP contribution >= 0.6 is 0 Å². The minimum atomic E-state index is -4.67. The molecule has 100 valence electrons. The molecule has 0 fully saturated rings. The van der Waals surface area contributed by atoms with Gasteiger partial charge in [-0.15, -0.1) is 0 Å². The normalized spacial score (nSPS) is 17.6. The Morgan fingerprint density at radius 1 is 1.28 bits per heavy atom. The zero-order valence-corrected chi connectivity index (χ0v) is 10.0. The second kappa shape index (κ2) is 5.40. The highest BCUT2D eigenvalue weighted by molar-refractivity contribution is 7.79. The van der Waals surface area contributed by atoms with Crippen molar-refractivity contribution in [1.29, 1.82) is 0 Å². The Balaban J connectivity index is 0.000000280. The fourth-order valence-corrected chi connectivity index (χ4v) is 1.75. The second-order valence-corrected chi connectivity index (χ2v) is 4.72. The summed E-state index contributed by atoms with van der Waals surface area (Å²) in [6.45, 7) is 0. The molecule has 0 radical (unpaired) electrons. The standard InChI is InChI=1S/C9H10N2O2.H2O4S/c10-8-3-6-1-2-9(11(12)13)5-7(6)4-8;1-5(2,3)4/h1-2,5,8H,3-4,10H2;(H2,1,2,3,4). The maximum absolute atomic E-state index is 10.5.